The Balaban J connectivity index is 1.37. The van der Waals surface area contributed by atoms with E-state index in [0.717, 1.165) is 0 Å². The first kappa shape index (κ1) is 25.6. The molecule has 2 aromatic rings. The van der Waals surface area contributed by atoms with E-state index < -0.39 is 35.2 Å². The molecule has 1 fully saturated rings. The second-order valence-corrected chi connectivity index (χ2v) is 10.0. The molecule has 0 spiro atoms. The minimum absolute atomic E-state index is 0.0733. The van der Waals surface area contributed by atoms with Crippen LogP contribution in [0.4, 0.5) is 0 Å². The van der Waals surface area contributed by atoms with Crippen molar-refractivity contribution in [3.8, 4) is 5.75 Å². The highest BCUT2D eigenvalue weighted by atomic mass is 32.2. The lowest BCUT2D eigenvalue weighted by Gasteiger charge is -2.49. The summed E-state index contributed by atoms with van der Waals surface area (Å²) in [5.41, 5.74) is 0.463. The number of aryl methyl sites for hydroxylation is 1. The summed E-state index contributed by atoms with van der Waals surface area (Å²) in [6.07, 6.45) is 0.155. The predicted octanol–water partition coefficient (Wildman–Crippen LogP) is 0.742. The Hall–Kier alpha value is -3.52. The number of carboxylic acid groups (broad SMARTS) is 2. The zero-order valence-corrected chi connectivity index (χ0v) is 20.8. The minimum Gasteiger partial charge on any atom is -0.484 e. The molecule has 190 valence electrons. The lowest BCUT2D eigenvalue weighted by molar-refractivity contribution is -0.150. The Morgan fingerprint density at radius 1 is 1.22 bits per heavy atom. The van der Waals surface area contributed by atoms with Crippen molar-refractivity contribution in [3.63, 3.8) is 0 Å². The molecular formula is C22H23N5O7S2. The highest BCUT2D eigenvalue weighted by Crippen LogP contribution is 2.41. The zero-order chi connectivity index (χ0) is 25.8. The van der Waals surface area contributed by atoms with Gasteiger partial charge in [-0.2, -0.15) is 0 Å². The number of ether oxygens (including phenoxy) is 1. The molecule has 2 aliphatic heterocycles. The molecule has 1 unspecified atom stereocenters. The van der Waals surface area contributed by atoms with Gasteiger partial charge in [-0.1, -0.05) is 30.0 Å². The van der Waals surface area contributed by atoms with Gasteiger partial charge in [0.25, 0.3) is 11.8 Å². The first-order valence-corrected chi connectivity index (χ1v) is 12.9. The van der Waals surface area contributed by atoms with Crippen LogP contribution in [0.25, 0.3) is 0 Å². The van der Waals surface area contributed by atoms with Gasteiger partial charge in [0.2, 0.25) is 0 Å². The molecule has 3 N–H and O–H groups in total. The van der Waals surface area contributed by atoms with Crippen molar-refractivity contribution >= 4 is 47.3 Å². The van der Waals surface area contributed by atoms with Crippen LogP contribution in [0.1, 0.15) is 12.2 Å². The van der Waals surface area contributed by atoms with Gasteiger partial charge in [-0.05, 0) is 17.7 Å². The summed E-state index contributed by atoms with van der Waals surface area (Å²) in [5, 5.41) is 29.4. The van der Waals surface area contributed by atoms with Gasteiger partial charge in [-0.25, -0.2) is 4.79 Å². The van der Waals surface area contributed by atoms with Gasteiger partial charge in [-0.3, -0.25) is 19.3 Å². The van der Waals surface area contributed by atoms with E-state index >= 15 is 0 Å². The summed E-state index contributed by atoms with van der Waals surface area (Å²) in [4.78, 5) is 49.2. The SMILES string of the molecule is Cn1c(CCC(=O)O)nnc1SCC1=C(C(=O)O)N2C(=O)C(NC(=O)COc3ccccc3)[C@H]2SC1. The van der Waals surface area contributed by atoms with Crippen LogP contribution in [0, 0.1) is 0 Å². The third-order valence-corrected chi connectivity index (χ3v) is 7.99. The van der Waals surface area contributed by atoms with E-state index in [-0.39, 0.29) is 30.9 Å². The molecule has 3 heterocycles. The van der Waals surface area contributed by atoms with Gasteiger partial charge in [0.05, 0.1) is 6.42 Å². The Labute approximate surface area is 214 Å². The van der Waals surface area contributed by atoms with Crippen molar-refractivity contribution in [2.75, 3.05) is 18.1 Å². The van der Waals surface area contributed by atoms with Crippen LogP contribution in [0.5, 0.6) is 5.75 Å². The standard InChI is InChI=1S/C22H23N5O7S2/c1-26-14(7-8-16(29)30)24-25-22(26)36-11-12-10-35-20-17(19(31)27(20)18(12)21(32)33)23-15(28)9-34-13-5-3-2-4-6-13/h2-6,17,20H,7-11H2,1H3,(H,23,28)(H,29,30)(H,32,33)/t17?,20-/m1/s1. The van der Waals surface area contributed by atoms with Crippen LogP contribution >= 0.6 is 23.5 Å². The quantitative estimate of drug-likeness (QED) is 0.276. The number of thioether (sulfide) groups is 2. The maximum absolute atomic E-state index is 12.8. The predicted molar refractivity (Wildman–Crippen MR) is 129 cm³/mol. The molecule has 1 saturated heterocycles. The number of benzene rings is 1. The fraction of sp³-hybridized carbons (Fsp3) is 0.364. The molecule has 0 radical (unpaired) electrons. The third kappa shape index (κ3) is 5.49. The van der Waals surface area contributed by atoms with Gasteiger partial charge < -0.3 is 24.8 Å². The van der Waals surface area contributed by atoms with Crippen LogP contribution in [0.3, 0.4) is 0 Å². The summed E-state index contributed by atoms with van der Waals surface area (Å²) >= 11 is 2.63. The van der Waals surface area contributed by atoms with Crippen LogP contribution < -0.4 is 10.1 Å². The van der Waals surface area contributed by atoms with Crippen molar-refractivity contribution < 1.29 is 34.1 Å². The monoisotopic (exact) mass is 533 g/mol. The Morgan fingerprint density at radius 3 is 2.67 bits per heavy atom. The number of hydrogen-bond donors (Lipinski definition) is 3. The number of amides is 2. The molecule has 4 rings (SSSR count). The van der Waals surface area contributed by atoms with E-state index in [4.69, 9.17) is 9.84 Å². The van der Waals surface area contributed by atoms with Gasteiger partial charge in [0.1, 0.15) is 28.7 Å². The zero-order valence-electron chi connectivity index (χ0n) is 19.1. The number of para-hydroxylation sites is 1. The average molecular weight is 534 g/mol. The number of β-lactam (4-membered cyclic amide) rings is 1. The summed E-state index contributed by atoms with van der Waals surface area (Å²) in [7, 11) is 1.71. The first-order chi connectivity index (χ1) is 17.3. The summed E-state index contributed by atoms with van der Waals surface area (Å²) in [6.45, 7) is -0.263. The molecule has 14 heteroatoms. The minimum atomic E-state index is -1.22. The molecule has 2 atom stereocenters. The molecule has 1 aromatic carbocycles. The van der Waals surface area contributed by atoms with Gasteiger partial charge >= 0.3 is 11.9 Å². The van der Waals surface area contributed by atoms with Crippen molar-refractivity contribution in [1.29, 1.82) is 0 Å². The van der Waals surface area contributed by atoms with E-state index in [0.29, 0.717) is 28.1 Å². The summed E-state index contributed by atoms with van der Waals surface area (Å²) in [6, 6.07) is 7.96. The van der Waals surface area contributed by atoms with Crippen molar-refractivity contribution in [2.45, 2.75) is 29.4 Å². The topological polar surface area (TPSA) is 164 Å². The number of nitrogens with zero attached hydrogens (tertiary/aromatic N) is 4. The van der Waals surface area contributed by atoms with E-state index in [2.05, 4.69) is 15.5 Å². The Bertz CT molecular complexity index is 1220. The molecule has 2 aliphatic rings. The maximum Gasteiger partial charge on any atom is 0.352 e. The van der Waals surface area contributed by atoms with Crippen molar-refractivity contribution in [3.05, 3.63) is 47.4 Å². The lowest BCUT2D eigenvalue weighted by Crippen LogP contribution is -2.70. The molecule has 0 bridgehead atoms. The molecule has 12 nitrogen and oxygen atoms in total. The third-order valence-electron chi connectivity index (χ3n) is 5.54. The fourth-order valence-corrected chi connectivity index (χ4v) is 6.15. The van der Waals surface area contributed by atoms with Crippen LogP contribution in [0.15, 0.2) is 46.8 Å². The average Bonchev–Trinajstić information content (AvgIpc) is 3.22. The molecule has 1 aromatic heterocycles. The highest BCUT2D eigenvalue weighted by molar-refractivity contribution is 8.01. The van der Waals surface area contributed by atoms with E-state index in [9.17, 15) is 24.3 Å². The number of fused-ring (bicyclic) bond motifs is 1. The van der Waals surface area contributed by atoms with Gasteiger partial charge in [0, 0.05) is 25.0 Å². The van der Waals surface area contributed by atoms with Crippen molar-refractivity contribution in [2.24, 2.45) is 7.05 Å². The Kier molecular flexibility index (Phi) is 7.84. The maximum atomic E-state index is 12.8. The van der Waals surface area contributed by atoms with Crippen molar-refractivity contribution in [1.82, 2.24) is 25.0 Å². The normalized spacial score (nSPS) is 18.9. The van der Waals surface area contributed by atoms with E-state index in [1.165, 1.54) is 28.4 Å². The molecule has 2 amide bonds. The summed E-state index contributed by atoms with van der Waals surface area (Å²) < 4.78 is 7.08. The number of rotatable bonds is 11. The smallest absolute Gasteiger partial charge is 0.352 e. The largest absolute Gasteiger partial charge is 0.484 e. The molecule has 0 aliphatic carbocycles. The lowest BCUT2D eigenvalue weighted by atomic mass is 10.0. The van der Waals surface area contributed by atoms with Gasteiger partial charge in [0.15, 0.2) is 11.8 Å². The Morgan fingerprint density at radius 2 is 1.97 bits per heavy atom. The number of hydrogen-bond acceptors (Lipinski definition) is 9. The number of carbonyl (C=O) groups excluding carboxylic acids is 2. The van der Waals surface area contributed by atoms with Crippen LogP contribution in [-0.2, 0) is 32.6 Å². The van der Waals surface area contributed by atoms with E-state index in [1.54, 1.807) is 35.9 Å². The number of carboxylic acids is 2. The van der Waals surface area contributed by atoms with Gasteiger partial charge in [-0.15, -0.1) is 22.0 Å². The van der Waals surface area contributed by atoms with E-state index in [1.807, 2.05) is 6.07 Å². The number of aromatic nitrogens is 3. The number of carbonyl (C=O) groups is 4. The highest BCUT2D eigenvalue weighted by Gasteiger charge is 2.54. The fourth-order valence-electron chi connectivity index (χ4n) is 3.73. The second-order valence-electron chi connectivity index (χ2n) is 7.95. The molecular weight excluding hydrogens is 510 g/mol. The number of nitrogens with one attached hydrogen (secondary N) is 1. The first-order valence-electron chi connectivity index (χ1n) is 10.9. The summed E-state index contributed by atoms with van der Waals surface area (Å²) in [5.74, 6) is -1.46. The molecule has 36 heavy (non-hydrogen) atoms. The number of aliphatic carboxylic acids is 2. The van der Waals surface area contributed by atoms with Crippen LogP contribution in [0.2, 0.25) is 0 Å². The molecule has 0 saturated carbocycles. The van der Waals surface area contributed by atoms with Crippen LogP contribution in [-0.4, -0.2) is 83.2 Å². The second kappa shape index (κ2) is 11.0.